The van der Waals surface area contributed by atoms with E-state index < -0.39 is 0 Å². The molecule has 0 saturated carbocycles. The Kier molecular flexibility index (Phi) is 2.99. The third kappa shape index (κ3) is 1.85. The summed E-state index contributed by atoms with van der Waals surface area (Å²) in [6, 6.07) is 8.28. The molecule has 0 spiro atoms. The number of H-pyrrole nitrogens is 2. The molecule has 5 heteroatoms. The number of hydrogen-bond donors (Lipinski definition) is 2. The second kappa shape index (κ2) is 5.02. The fraction of sp³-hybridized carbons (Fsp3) is 0.294. The van der Waals surface area contributed by atoms with Crippen LogP contribution < -0.4 is 0 Å². The van der Waals surface area contributed by atoms with Gasteiger partial charge in [-0.25, -0.2) is 4.79 Å². The first kappa shape index (κ1) is 13.1. The monoisotopic (exact) mass is 295 g/mol. The Morgan fingerprint density at radius 1 is 1.27 bits per heavy atom. The molecule has 0 radical (unpaired) electrons. The van der Waals surface area contributed by atoms with E-state index in [-0.39, 0.29) is 5.97 Å². The Balaban J connectivity index is 1.90. The maximum absolute atomic E-state index is 12.1. The molecule has 0 saturated heterocycles. The molecule has 0 unspecified atom stereocenters. The van der Waals surface area contributed by atoms with Gasteiger partial charge in [0, 0.05) is 16.5 Å². The molecule has 1 aliphatic carbocycles. The summed E-state index contributed by atoms with van der Waals surface area (Å²) in [6.45, 7) is 2.17. The number of hydrogen-bond acceptors (Lipinski definition) is 3. The third-order valence-corrected chi connectivity index (χ3v) is 4.25. The lowest BCUT2D eigenvalue weighted by molar-refractivity contribution is 0.0518. The van der Waals surface area contributed by atoms with Gasteiger partial charge in [0.2, 0.25) is 0 Å². The highest BCUT2D eigenvalue weighted by Crippen LogP contribution is 2.36. The predicted octanol–water partition coefficient (Wildman–Crippen LogP) is 3.22. The summed E-state index contributed by atoms with van der Waals surface area (Å²) in [5.41, 5.74) is 5.73. The van der Waals surface area contributed by atoms with E-state index in [0.717, 1.165) is 41.7 Å². The minimum absolute atomic E-state index is 0.323. The zero-order chi connectivity index (χ0) is 15.1. The van der Waals surface area contributed by atoms with E-state index in [0.29, 0.717) is 12.3 Å². The smallest absolute Gasteiger partial charge is 0.356 e. The number of carbonyl (C=O) groups is 1. The lowest BCUT2D eigenvalue weighted by Crippen LogP contribution is -2.08. The summed E-state index contributed by atoms with van der Waals surface area (Å²) in [4.78, 5) is 15.5. The van der Waals surface area contributed by atoms with Gasteiger partial charge in [-0.1, -0.05) is 18.2 Å². The maximum atomic E-state index is 12.1. The number of nitrogens with one attached hydrogen (secondary N) is 2. The largest absolute Gasteiger partial charge is 0.461 e. The summed E-state index contributed by atoms with van der Waals surface area (Å²) in [5, 5.41) is 8.51. The number of carbonyl (C=O) groups excluding carboxylic acids is 1. The average Bonchev–Trinajstić information content (AvgIpc) is 3.05. The first-order chi connectivity index (χ1) is 10.8. The van der Waals surface area contributed by atoms with Gasteiger partial charge < -0.3 is 9.72 Å². The molecule has 4 rings (SSSR count). The lowest BCUT2D eigenvalue weighted by Gasteiger charge is -2.02. The molecule has 22 heavy (non-hydrogen) atoms. The van der Waals surface area contributed by atoms with E-state index in [1.54, 1.807) is 0 Å². The highest BCUT2D eigenvalue weighted by Gasteiger charge is 2.26. The molecule has 1 aliphatic rings. The fourth-order valence-electron chi connectivity index (χ4n) is 3.29. The van der Waals surface area contributed by atoms with Gasteiger partial charge in [0.25, 0.3) is 0 Å². The highest BCUT2D eigenvalue weighted by atomic mass is 16.5. The maximum Gasteiger partial charge on any atom is 0.356 e. The summed E-state index contributed by atoms with van der Waals surface area (Å²) in [5.74, 6) is -0.323. The van der Waals surface area contributed by atoms with Crippen LogP contribution in [0.15, 0.2) is 24.3 Å². The van der Waals surface area contributed by atoms with Crippen LogP contribution in [0.1, 0.15) is 35.0 Å². The van der Waals surface area contributed by atoms with Crippen LogP contribution in [0, 0.1) is 0 Å². The SMILES string of the molecule is CCOC(=O)c1[nH]nc2c1CCCc1c-2[nH]c2ccccc12. The zero-order valence-corrected chi connectivity index (χ0v) is 12.4. The highest BCUT2D eigenvalue weighted by molar-refractivity contribution is 5.94. The van der Waals surface area contributed by atoms with Crippen molar-refractivity contribution in [1.82, 2.24) is 15.2 Å². The van der Waals surface area contributed by atoms with E-state index in [4.69, 9.17) is 4.74 Å². The van der Waals surface area contributed by atoms with E-state index in [1.807, 2.05) is 13.0 Å². The molecule has 2 N–H and O–H groups in total. The molecule has 5 nitrogen and oxygen atoms in total. The quantitative estimate of drug-likeness (QED) is 0.713. The minimum atomic E-state index is -0.323. The van der Waals surface area contributed by atoms with Gasteiger partial charge in [0.15, 0.2) is 0 Å². The van der Waals surface area contributed by atoms with Crippen molar-refractivity contribution >= 4 is 16.9 Å². The van der Waals surface area contributed by atoms with Crippen molar-refractivity contribution in [2.24, 2.45) is 0 Å². The second-order valence-electron chi connectivity index (χ2n) is 5.52. The summed E-state index contributed by atoms with van der Waals surface area (Å²) >= 11 is 0. The zero-order valence-electron chi connectivity index (χ0n) is 12.4. The van der Waals surface area contributed by atoms with Gasteiger partial charge in [-0.05, 0) is 37.8 Å². The van der Waals surface area contributed by atoms with Crippen LogP contribution in [0.5, 0.6) is 0 Å². The van der Waals surface area contributed by atoms with Crippen LogP contribution in [0.4, 0.5) is 0 Å². The van der Waals surface area contributed by atoms with Gasteiger partial charge in [-0.15, -0.1) is 0 Å². The Hall–Kier alpha value is -2.56. The Morgan fingerprint density at radius 2 is 2.09 bits per heavy atom. The molecule has 0 fully saturated rings. The van der Waals surface area contributed by atoms with Crippen molar-refractivity contribution in [2.45, 2.75) is 26.2 Å². The number of esters is 1. The van der Waals surface area contributed by atoms with Crippen molar-refractivity contribution in [3.05, 3.63) is 41.1 Å². The standard InChI is InChI=1S/C17H17N3O2/c1-2-22-17(21)16-12-8-5-7-11-10-6-3-4-9-13(10)18-14(11)15(12)19-20-16/h3-4,6,9,18H,2,5,7-8H2,1H3,(H,19,20). The normalized spacial score (nSPS) is 13.5. The van der Waals surface area contributed by atoms with Crippen LogP contribution >= 0.6 is 0 Å². The first-order valence-electron chi connectivity index (χ1n) is 7.64. The van der Waals surface area contributed by atoms with Crippen molar-refractivity contribution < 1.29 is 9.53 Å². The molecule has 0 aliphatic heterocycles. The number of aromatic amines is 2. The summed E-state index contributed by atoms with van der Waals surface area (Å²) in [7, 11) is 0. The average molecular weight is 295 g/mol. The Labute approximate surface area is 127 Å². The Bertz CT molecular complexity index is 860. The van der Waals surface area contributed by atoms with Gasteiger partial charge >= 0.3 is 5.97 Å². The van der Waals surface area contributed by atoms with E-state index in [9.17, 15) is 4.79 Å². The molecule has 112 valence electrons. The third-order valence-electron chi connectivity index (χ3n) is 4.25. The van der Waals surface area contributed by atoms with Crippen LogP contribution in [0.2, 0.25) is 0 Å². The molecule has 1 aromatic carbocycles. The molecular formula is C17H17N3O2. The summed E-state index contributed by atoms with van der Waals surface area (Å²) < 4.78 is 5.12. The first-order valence-corrected chi connectivity index (χ1v) is 7.64. The van der Waals surface area contributed by atoms with E-state index >= 15 is 0 Å². The number of para-hydroxylation sites is 1. The van der Waals surface area contributed by atoms with Gasteiger partial charge in [-0.2, -0.15) is 5.10 Å². The van der Waals surface area contributed by atoms with Crippen LogP contribution in [0.25, 0.3) is 22.3 Å². The fourth-order valence-corrected chi connectivity index (χ4v) is 3.29. The van der Waals surface area contributed by atoms with Gasteiger partial charge in [0.1, 0.15) is 11.4 Å². The van der Waals surface area contributed by atoms with Crippen LogP contribution in [-0.4, -0.2) is 27.8 Å². The van der Waals surface area contributed by atoms with Gasteiger partial charge in [-0.3, -0.25) is 5.10 Å². The second-order valence-corrected chi connectivity index (χ2v) is 5.52. The van der Waals surface area contributed by atoms with Crippen molar-refractivity contribution in [2.75, 3.05) is 6.61 Å². The number of aryl methyl sites for hydroxylation is 1. The van der Waals surface area contributed by atoms with Crippen molar-refractivity contribution in [3.8, 4) is 11.4 Å². The van der Waals surface area contributed by atoms with E-state index in [2.05, 4.69) is 33.4 Å². The number of fused-ring (bicyclic) bond motifs is 5. The Morgan fingerprint density at radius 3 is 2.95 bits per heavy atom. The summed E-state index contributed by atoms with van der Waals surface area (Å²) in [6.07, 6.45) is 2.81. The number of rotatable bonds is 2. The van der Waals surface area contributed by atoms with E-state index in [1.165, 1.54) is 10.9 Å². The molecular weight excluding hydrogens is 278 g/mol. The topological polar surface area (TPSA) is 70.8 Å². The van der Waals surface area contributed by atoms with Crippen LogP contribution in [0.3, 0.4) is 0 Å². The van der Waals surface area contributed by atoms with Crippen molar-refractivity contribution in [1.29, 1.82) is 0 Å². The molecule has 0 atom stereocenters. The number of aromatic nitrogens is 3. The minimum Gasteiger partial charge on any atom is -0.461 e. The molecule has 0 bridgehead atoms. The molecule has 3 aromatic rings. The number of nitrogens with zero attached hydrogens (tertiary/aromatic N) is 1. The number of ether oxygens (including phenoxy) is 1. The molecule has 2 heterocycles. The molecule has 0 amide bonds. The van der Waals surface area contributed by atoms with Crippen molar-refractivity contribution in [3.63, 3.8) is 0 Å². The van der Waals surface area contributed by atoms with Crippen LogP contribution in [-0.2, 0) is 17.6 Å². The molecule has 2 aromatic heterocycles. The number of benzene rings is 1. The lowest BCUT2D eigenvalue weighted by atomic mass is 10.1. The van der Waals surface area contributed by atoms with Gasteiger partial charge in [0.05, 0.1) is 12.3 Å². The predicted molar refractivity (Wildman–Crippen MR) is 83.9 cm³/mol.